The van der Waals surface area contributed by atoms with Crippen molar-refractivity contribution in [2.24, 2.45) is 0 Å². The van der Waals surface area contributed by atoms with E-state index >= 15 is 0 Å². The minimum absolute atomic E-state index is 0.331. The van der Waals surface area contributed by atoms with E-state index in [1.54, 1.807) is 6.20 Å². The Labute approximate surface area is 103 Å². The van der Waals surface area contributed by atoms with Crippen LogP contribution in [0.3, 0.4) is 0 Å². The van der Waals surface area contributed by atoms with Gasteiger partial charge in [0.15, 0.2) is 0 Å². The Morgan fingerprint density at radius 3 is 2.24 bits per heavy atom. The Bertz CT molecular complexity index is 430. The van der Waals surface area contributed by atoms with Gasteiger partial charge >= 0.3 is 7.12 Å². The van der Waals surface area contributed by atoms with Crippen molar-refractivity contribution in [1.29, 1.82) is 0 Å². The molecule has 1 aromatic rings. The van der Waals surface area contributed by atoms with Crippen LogP contribution in [-0.4, -0.2) is 23.3 Å². The maximum atomic E-state index is 5.98. The number of pyridine rings is 1. The second kappa shape index (κ2) is 3.72. The Hall–Kier alpha value is -1.07. The summed E-state index contributed by atoms with van der Waals surface area (Å²) in [6.07, 6.45) is 1.68. The van der Waals surface area contributed by atoms with E-state index < -0.39 is 0 Å². The molecular formula is C12H19BN2O2. The molecule has 0 aromatic carbocycles. The molecule has 0 bridgehead atoms. The highest BCUT2D eigenvalue weighted by Gasteiger charge is 2.52. The second-order valence-electron chi connectivity index (χ2n) is 5.50. The summed E-state index contributed by atoms with van der Waals surface area (Å²) in [5.74, 6) is 0.525. The molecule has 0 radical (unpaired) electrons. The van der Waals surface area contributed by atoms with E-state index in [9.17, 15) is 0 Å². The molecule has 17 heavy (non-hydrogen) atoms. The molecule has 5 heteroatoms. The van der Waals surface area contributed by atoms with E-state index in [1.807, 2.05) is 40.7 Å². The fourth-order valence-electron chi connectivity index (χ4n) is 1.79. The summed E-state index contributed by atoms with van der Waals surface area (Å²) in [6.45, 7) is 10.1. The fraction of sp³-hybridized carbons (Fsp3) is 0.583. The van der Waals surface area contributed by atoms with E-state index in [0.717, 1.165) is 11.0 Å². The van der Waals surface area contributed by atoms with E-state index in [2.05, 4.69) is 4.98 Å². The summed E-state index contributed by atoms with van der Waals surface area (Å²) in [4.78, 5) is 4.05. The lowest BCUT2D eigenvalue weighted by Crippen LogP contribution is -2.41. The largest absolute Gasteiger partial charge is 0.495 e. The number of nitrogen functional groups attached to an aromatic ring is 1. The van der Waals surface area contributed by atoms with Crippen LogP contribution in [0.2, 0.25) is 0 Å². The maximum Gasteiger partial charge on any atom is 0.495 e. The minimum atomic E-state index is -0.370. The van der Waals surface area contributed by atoms with Crippen molar-refractivity contribution in [2.45, 2.75) is 45.8 Å². The summed E-state index contributed by atoms with van der Waals surface area (Å²) in [5.41, 5.74) is 7.02. The van der Waals surface area contributed by atoms with Gasteiger partial charge in [-0.05, 0) is 51.7 Å². The second-order valence-corrected chi connectivity index (χ2v) is 5.50. The van der Waals surface area contributed by atoms with Crippen LogP contribution in [0.15, 0.2) is 12.3 Å². The van der Waals surface area contributed by atoms with Crippen molar-refractivity contribution in [3.63, 3.8) is 0 Å². The van der Waals surface area contributed by atoms with Gasteiger partial charge in [0.05, 0.1) is 11.2 Å². The highest BCUT2D eigenvalue weighted by atomic mass is 16.7. The van der Waals surface area contributed by atoms with Crippen molar-refractivity contribution in [3.05, 3.63) is 17.8 Å². The van der Waals surface area contributed by atoms with Gasteiger partial charge in [-0.2, -0.15) is 0 Å². The molecule has 1 aromatic heterocycles. The number of hydrogen-bond acceptors (Lipinski definition) is 4. The van der Waals surface area contributed by atoms with Crippen LogP contribution in [-0.2, 0) is 9.31 Å². The number of rotatable bonds is 1. The normalized spacial score (nSPS) is 21.8. The Kier molecular flexibility index (Phi) is 2.71. The molecule has 2 rings (SSSR count). The molecule has 1 aliphatic heterocycles. The Morgan fingerprint density at radius 2 is 1.71 bits per heavy atom. The third kappa shape index (κ3) is 1.94. The maximum absolute atomic E-state index is 5.98. The first-order chi connectivity index (χ1) is 7.74. The molecule has 0 spiro atoms. The molecule has 0 aliphatic carbocycles. The van der Waals surface area contributed by atoms with E-state index in [0.29, 0.717) is 5.82 Å². The summed E-state index contributed by atoms with van der Waals surface area (Å²) in [5, 5.41) is 0. The van der Waals surface area contributed by atoms with Gasteiger partial charge in [0.25, 0.3) is 0 Å². The molecular weight excluding hydrogens is 215 g/mol. The van der Waals surface area contributed by atoms with Crippen LogP contribution in [0, 0.1) is 6.92 Å². The van der Waals surface area contributed by atoms with Gasteiger partial charge < -0.3 is 15.0 Å². The molecule has 1 fully saturated rings. The first kappa shape index (κ1) is 12.4. The van der Waals surface area contributed by atoms with Gasteiger partial charge in [0.2, 0.25) is 0 Å². The van der Waals surface area contributed by atoms with Gasteiger partial charge in [-0.1, -0.05) is 0 Å². The number of aromatic nitrogens is 1. The van der Waals surface area contributed by atoms with Gasteiger partial charge in [-0.15, -0.1) is 0 Å². The van der Waals surface area contributed by atoms with E-state index in [-0.39, 0.29) is 18.3 Å². The third-order valence-corrected chi connectivity index (χ3v) is 3.79. The molecule has 1 saturated heterocycles. The summed E-state index contributed by atoms with van der Waals surface area (Å²) in [6, 6.07) is 1.90. The van der Waals surface area contributed by atoms with Crippen LogP contribution in [0.25, 0.3) is 0 Å². The Morgan fingerprint density at radius 1 is 1.18 bits per heavy atom. The summed E-state index contributed by atoms with van der Waals surface area (Å²) >= 11 is 0. The van der Waals surface area contributed by atoms with Crippen molar-refractivity contribution < 1.29 is 9.31 Å². The van der Waals surface area contributed by atoms with Crippen molar-refractivity contribution in [3.8, 4) is 0 Å². The number of nitrogens with zero attached hydrogens (tertiary/aromatic N) is 1. The van der Waals surface area contributed by atoms with Crippen LogP contribution in [0.5, 0.6) is 0 Å². The summed E-state index contributed by atoms with van der Waals surface area (Å²) < 4.78 is 12.0. The quantitative estimate of drug-likeness (QED) is 0.743. The van der Waals surface area contributed by atoms with Crippen molar-refractivity contribution in [2.75, 3.05) is 5.73 Å². The standard InChI is InChI=1S/C12H19BN2O2/c1-8-9(6-7-15-10(8)14)13-16-11(2,3)12(4,5)17-13/h6-7H,1-5H3,(H2,14,15). The SMILES string of the molecule is Cc1c(B2OC(C)(C)C(C)(C)O2)ccnc1N. The fourth-order valence-corrected chi connectivity index (χ4v) is 1.79. The topological polar surface area (TPSA) is 57.4 Å². The lowest BCUT2D eigenvalue weighted by atomic mass is 9.77. The number of nitrogens with two attached hydrogens (primary N) is 1. The third-order valence-electron chi connectivity index (χ3n) is 3.79. The average molecular weight is 234 g/mol. The predicted octanol–water partition coefficient (Wildman–Crippen LogP) is 1.27. The zero-order valence-electron chi connectivity index (χ0n) is 11.1. The monoisotopic (exact) mass is 234 g/mol. The van der Waals surface area contributed by atoms with Crippen molar-refractivity contribution >= 4 is 18.4 Å². The first-order valence-corrected chi connectivity index (χ1v) is 5.81. The van der Waals surface area contributed by atoms with E-state index in [1.165, 1.54) is 0 Å². The van der Waals surface area contributed by atoms with Gasteiger partial charge in [-0.3, -0.25) is 0 Å². The van der Waals surface area contributed by atoms with Crippen LogP contribution < -0.4 is 11.2 Å². The van der Waals surface area contributed by atoms with Gasteiger partial charge in [-0.25, -0.2) is 4.98 Å². The first-order valence-electron chi connectivity index (χ1n) is 5.81. The van der Waals surface area contributed by atoms with Gasteiger partial charge in [0, 0.05) is 6.20 Å². The molecule has 4 nitrogen and oxygen atoms in total. The van der Waals surface area contributed by atoms with E-state index in [4.69, 9.17) is 15.0 Å². The Balaban J connectivity index is 2.36. The predicted molar refractivity (Wildman–Crippen MR) is 69.1 cm³/mol. The molecule has 0 saturated carbocycles. The zero-order valence-corrected chi connectivity index (χ0v) is 11.1. The smallest absolute Gasteiger partial charge is 0.399 e. The van der Waals surface area contributed by atoms with Crippen LogP contribution >= 0.6 is 0 Å². The molecule has 0 unspecified atom stereocenters. The highest BCUT2D eigenvalue weighted by molar-refractivity contribution is 6.62. The molecule has 0 atom stereocenters. The number of anilines is 1. The van der Waals surface area contributed by atoms with Crippen LogP contribution in [0.1, 0.15) is 33.3 Å². The minimum Gasteiger partial charge on any atom is -0.399 e. The molecule has 92 valence electrons. The highest BCUT2D eigenvalue weighted by Crippen LogP contribution is 2.36. The van der Waals surface area contributed by atoms with Gasteiger partial charge in [0.1, 0.15) is 5.82 Å². The molecule has 2 N–H and O–H groups in total. The summed E-state index contributed by atoms with van der Waals surface area (Å²) in [7, 11) is -0.370. The lowest BCUT2D eigenvalue weighted by molar-refractivity contribution is 0.00578. The average Bonchev–Trinajstić information content (AvgIpc) is 2.40. The zero-order chi connectivity index (χ0) is 12.8. The van der Waals surface area contributed by atoms with Crippen LogP contribution in [0.4, 0.5) is 5.82 Å². The molecule has 2 heterocycles. The van der Waals surface area contributed by atoms with Crippen molar-refractivity contribution in [1.82, 2.24) is 4.98 Å². The molecule has 1 aliphatic rings. The molecule has 0 amide bonds. The number of hydrogen-bond donors (Lipinski definition) is 1. The lowest BCUT2D eigenvalue weighted by Gasteiger charge is -2.32.